The van der Waals surface area contributed by atoms with Gasteiger partial charge in [0.05, 0.1) is 11.6 Å². The van der Waals surface area contributed by atoms with Crippen LogP contribution in [-0.4, -0.2) is 20.2 Å². The third-order valence-corrected chi connectivity index (χ3v) is 3.92. The van der Waals surface area contributed by atoms with Crippen molar-refractivity contribution in [2.24, 2.45) is 5.92 Å². The molecule has 1 aromatic carbocycles. The Morgan fingerprint density at radius 3 is 2.63 bits per heavy atom. The number of nitrogens with one attached hydrogen (secondary N) is 1. The summed E-state index contributed by atoms with van der Waals surface area (Å²) in [6.07, 6.45) is 4.86. The van der Waals surface area contributed by atoms with Gasteiger partial charge >= 0.3 is 0 Å². The molecule has 19 heavy (non-hydrogen) atoms. The van der Waals surface area contributed by atoms with Crippen LogP contribution in [-0.2, 0) is 6.42 Å². The van der Waals surface area contributed by atoms with Gasteiger partial charge in [0.25, 0.3) is 0 Å². The van der Waals surface area contributed by atoms with E-state index in [1.807, 2.05) is 6.07 Å². The molecule has 2 nitrogen and oxygen atoms in total. The quantitative estimate of drug-likeness (QED) is 0.678. The Morgan fingerprint density at radius 1 is 1.26 bits per heavy atom. The average Bonchev–Trinajstić information content (AvgIpc) is 2.39. The molecule has 0 saturated carbocycles. The van der Waals surface area contributed by atoms with Gasteiger partial charge in [0.1, 0.15) is 5.75 Å². The summed E-state index contributed by atoms with van der Waals surface area (Å²) < 4.78 is 6.32. The lowest BCUT2D eigenvalue weighted by atomic mass is 9.95. The van der Waals surface area contributed by atoms with Crippen LogP contribution in [0.15, 0.2) is 22.7 Å². The summed E-state index contributed by atoms with van der Waals surface area (Å²) in [5.41, 5.74) is 1.38. The Balaban J connectivity index is 2.59. The van der Waals surface area contributed by atoms with Crippen LogP contribution in [0, 0.1) is 5.92 Å². The van der Waals surface area contributed by atoms with Crippen molar-refractivity contribution in [1.82, 2.24) is 5.32 Å². The van der Waals surface area contributed by atoms with E-state index < -0.39 is 0 Å². The van der Waals surface area contributed by atoms with Crippen molar-refractivity contribution in [1.29, 1.82) is 0 Å². The Kier molecular flexibility index (Phi) is 8.15. The van der Waals surface area contributed by atoms with E-state index in [1.54, 1.807) is 7.11 Å². The Hall–Kier alpha value is -0.540. The van der Waals surface area contributed by atoms with Crippen molar-refractivity contribution in [2.75, 3.05) is 20.2 Å². The van der Waals surface area contributed by atoms with Crippen LogP contribution in [0.1, 0.15) is 38.7 Å². The van der Waals surface area contributed by atoms with Gasteiger partial charge in [0.15, 0.2) is 0 Å². The first-order valence-corrected chi connectivity index (χ1v) is 8.03. The van der Waals surface area contributed by atoms with Crippen LogP contribution in [0.25, 0.3) is 0 Å². The Morgan fingerprint density at radius 2 is 2.05 bits per heavy atom. The zero-order chi connectivity index (χ0) is 14.1. The highest BCUT2D eigenvalue weighted by atomic mass is 79.9. The molecule has 0 heterocycles. The highest BCUT2D eigenvalue weighted by molar-refractivity contribution is 9.10. The smallest absolute Gasteiger partial charge is 0.133 e. The van der Waals surface area contributed by atoms with E-state index in [9.17, 15) is 0 Å². The van der Waals surface area contributed by atoms with Crippen molar-refractivity contribution in [2.45, 2.75) is 39.5 Å². The molecular weight excluding hydrogens is 302 g/mol. The molecule has 0 amide bonds. The van der Waals surface area contributed by atoms with E-state index in [4.69, 9.17) is 4.74 Å². The summed E-state index contributed by atoms with van der Waals surface area (Å²) in [6.45, 7) is 6.71. The molecule has 0 saturated heterocycles. The molecular formula is C16H26BrNO. The van der Waals surface area contributed by atoms with E-state index in [1.165, 1.54) is 24.8 Å². The van der Waals surface area contributed by atoms with E-state index in [0.717, 1.165) is 35.7 Å². The van der Waals surface area contributed by atoms with Gasteiger partial charge in [0, 0.05) is 0 Å². The van der Waals surface area contributed by atoms with Crippen LogP contribution < -0.4 is 10.1 Å². The minimum absolute atomic E-state index is 0.719. The van der Waals surface area contributed by atoms with E-state index in [-0.39, 0.29) is 0 Å². The van der Waals surface area contributed by atoms with Crippen molar-refractivity contribution in [3.63, 3.8) is 0 Å². The summed E-state index contributed by atoms with van der Waals surface area (Å²) in [6, 6.07) is 6.40. The average molecular weight is 328 g/mol. The van der Waals surface area contributed by atoms with E-state index in [2.05, 4.69) is 47.2 Å². The highest BCUT2D eigenvalue weighted by Crippen LogP contribution is 2.27. The lowest BCUT2D eigenvalue weighted by Crippen LogP contribution is -2.25. The molecule has 1 unspecified atom stereocenters. The standard InChI is InChI=1S/C16H26BrNO/c1-4-6-14(12-18-9-5-2)10-13-7-8-16(19-3)15(17)11-13/h7-8,11,14,18H,4-6,9-10,12H2,1-3H3. The van der Waals surface area contributed by atoms with Crippen molar-refractivity contribution in [3.8, 4) is 5.75 Å². The highest BCUT2D eigenvalue weighted by Gasteiger charge is 2.10. The third-order valence-electron chi connectivity index (χ3n) is 3.30. The fraction of sp³-hybridized carbons (Fsp3) is 0.625. The minimum atomic E-state index is 0.719. The normalized spacial score (nSPS) is 12.4. The van der Waals surface area contributed by atoms with E-state index >= 15 is 0 Å². The molecule has 0 aromatic heterocycles. The second kappa shape index (κ2) is 9.38. The number of methoxy groups -OCH3 is 1. The third kappa shape index (κ3) is 5.96. The number of benzene rings is 1. The molecule has 3 heteroatoms. The minimum Gasteiger partial charge on any atom is -0.496 e. The maximum atomic E-state index is 5.27. The van der Waals surface area contributed by atoms with Crippen LogP contribution in [0.5, 0.6) is 5.75 Å². The van der Waals surface area contributed by atoms with Crippen LogP contribution in [0.2, 0.25) is 0 Å². The van der Waals surface area contributed by atoms with Gasteiger partial charge in [-0.05, 0) is 71.9 Å². The number of halogens is 1. The maximum Gasteiger partial charge on any atom is 0.133 e. The fourth-order valence-electron chi connectivity index (χ4n) is 2.34. The zero-order valence-corrected chi connectivity index (χ0v) is 13.9. The molecule has 0 aliphatic heterocycles. The summed E-state index contributed by atoms with van der Waals surface area (Å²) in [4.78, 5) is 0. The first-order chi connectivity index (χ1) is 9.21. The maximum absolute atomic E-state index is 5.27. The molecule has 1 N–H and O–H groups in total. The van der Waals surface area contributed by atoms with Gasteiger partial charge in [-0.1, -0.05) is 26.3 Å². The number of rotatable bonds is 9. The van der Waals surface area contributed by atoms with Crippen molar-refractivity contribution >= 4 is 15.9 Å². The zero-order valence-electron chi connectivity index (χ0n) is 12.3. The lowest BCUT2D eigenvalue weighted by molar-refractivity contribution is 0.411. The summed E-state index contributed by atoms with van der Waals surface area (Å²) in [5, 5.41) is 3.54. The second-order valence-electron chi connectivity index (χ2n) is 5.03. The monoisotopic (exact) mass is 327 g/mol. The lowest BCUT2D eigenvalue weighted by Gasteiger charge is -2.17. The van der Waals surface area contributed by atoms with Crippen LogP contribution in [0.3, 0.4) is 0 Å². The van der Waals surface area contributed by atoms with E-state index in [0.29, 0.717) is 0 Å². The van der Waals surface area contributed by atoms with Crippen molar-refractivity contribution in [3.05, 3.63) is 28.2 Å². The Bertz CT molecular complexity index is 368. The first kappa shape index (κ1) is 16.5. The SMILES string of the molecule is CCCNCC(CCC)Cc1ccc(OC)c(Br)c1. The second-order valence-corrected chi connectivity index (χ2v) is 5.89. The van der Waals surface area contributed by atoms with Crippen LogP contribution in [0.4, 0.5) is 0 Å². The summed E-state index contributed by atoms with van der Waals surface area (Å²) >= 11 is 3.56. The molecule has 0 spiro atoms. The topological polar surface area (TPSA) is 21.3 Å². The van der Waals surface area contributed by atoms with Gasteiger partial charge in [-0.25, -0.2) is 0 Å². The van der Waals surface area contributed by atoms with Crippen LogP contribution >= 0.6 is 15.9 Å². The van der Waals surface area contributed by atoms with Crippen molar-refractivity contribution < 1.29 is 4.74 Å². The van der Waals surface area contributed by atoms with Gasteiger partial charge in [-0.2, -0.15) is 0 Å². The van der Waals surface area contributed by atoms with Gasteiger partial charge in [-0.3, -0.25) is 0 Å². The molecule has 0 fully saturated rings. The molecule has 0 radical (unpaired) electrons. The molecule has 1 atom stereocenters. The molecule has 1 rings (SSSR count). The number of hydrogen-bond acceptors (Lipinski definition) is 2. The summed E-state index contributed by atoms with van der Waals surface area (Å²) in [7, 11) is 1.70. The predicted molar refractivity (Wildman–Crippen MR) is 86.0 cm³/mol. The molecule has 0 aliphatic rings. The van der Waals surface area contributed by atoms with Gasteiger partial charge < -0.3 is 10.1 Å². The number of hydrogen-bond donors (Lipinski definition) is 1. The predicted octanol–water partition coefficient (Wildman–Crippen LogP) is 4.42. The largest absolute Gasteiger partial charge is 0.496 e. The first-order valence-electron chi connectivity index (χ1n) is 7.24. The summed E-state index contributed by atoms with van der Waals surface area (Å²) in [5.74, 6) is 1.62. The van der Waals surface area contributed by atoms with Gasteiger partial charge in [-0.15, -0.1) is 0 Å². The Labute approximate surface area is 126 Å². The molecule has 0 aliphatic carbocycles. The molecule has 0 bridgehead atoms. The number of ether oxygens (including phenoxy) is 1. The fourth-order valence-corrected chi connectivity index (χ4v) is 2.93. The molecule has 1 aromatic rings. The molecule has 108 valence electrons. The van der Waals surface area contributed by atoms with Gasteiger partial charge in [0.2, 0.25) is 0 Å².